The molecule has 0 radical (unpaired) electrons. The summed E-state index contributed by atoms with van der Waals surface area (Å²) in [5, 5.41) is 5.89. The highest BCUT2D eigenvalue weighted by Crippen LogP contribution is 2.19. The molecule has 118 valence electrons. The minimum Gasteiger partial charge on any atom is -0.466 e. The molecule has 0 saturated heterocycles. The lowest BCUT2D eigenvalue weighted by molar-refractivity contribution is -0.142. The maximum atomic E-state index is 12.3. The molecule has 2 aromatic heterocycles. The maximum absolute atomic E-state index is 12.3. The van der Waals surface area contributed by atoms with Crippen molar-refractivity contribution in [3.8, 4) is 0 Å². The van der Waals surface area contributed by atoms with Crippen molar-refractivity contribution < 1.29 is 14.3 Å². The molecule has 0 aliphatic heterocycles. The number of thiazole rings is 1. The van der Waals surface area contributed by atoms with Crippen molar-refractivity contribution >= 4 is 39.2 Å². The van der Waals surface area contributed by atoms with E-state index < -0.39 is 0 Å². The number of nitrogens with zero attached hydrogens (tertiary/aromatic N) is 1. The van der Waals surface area contributed by atoms with E-state index in [4.69, 9.17) is 4.74 Å². The second-order valence-electron chi connectivity index (χ2n) is 4.85. The van der Waals surface area contributed by atoms with E-state index in [1.165, 1.54) is 11.3 Å². The van der Waals surface area contributed by atoms with Crippen molar-refractivity contribution in [2.75, 3.05) is 11.9 Å². The molecule has 0 aliphatic carbocycles. The fraction of sp³-hybridized carbons (Fsp3) is 0.188. The maximum Gasteiger partial charge on any atom is 0.311 e. The van der Waals surface area contributed by atoms with Crippen LogP contribution in [0.25, 0.3) is 10.9 Å². The van der Waals surface area contributed by atoms with Gasteiger partial charge in [-0.25, -0.2) is 4.98 Å². The molecule has 6 nitrogen and oxygen atoms in total. The Morgan fingerprint density at radius 2 is 2.17 bits per heavy atom. The number of amides is 1. The van der Waals surface area contributed by atoms with Gasteiger partial charge in [-0.2, -0.15) is 0 Å². The number of fused-ring (bicyclic) bond motifs is 1. The monoisotopic (exact) mass is 329 g/mol. The number of hydrogen-bond donors (Lipinski definition) is 2. The SMILES string of the molecule is CCOC(=O)Cc1csc(NC(=O)c2cc3ccccc3[nH]2)n1. The summed E-state index contributed by atoms with van der Waals surface area (Å²) in [4.78, 5) is 31.0. The summed E-state index contributed by atoms with van der Waals surface area (Å²) in [5.74, 6) is -0.593. The summed E-state index contributed by atoms with van der Waals surface area (Å²) in [6.45, 7) is 2.10. The number of para-hydroxylation sites is 1. The van der Waals surface area contributed by atoms with Gasteiger partial charge in [-0.3, -0.25) is 14.9 Å². The smallest absolute Gasteiger partial charge is 0.311 e. The molecule has 0 fully saturated rings. The minimum absolute atomic E-state index is 0.104. The molecule has 0 unspecified atom stereocenters. The van der Waals surface area contributed by atoms with Crippen LogP contribution in [0.5, 0.6) is 0 Å². The largest absolute Gasteiger partial charge is 0.466 e. The van der Waals surface area contributed by atoms with Gasteiger partial charge < -0.3 is 9.72 Å². The number of hydrogen-bond acceptors (Lipinski definition) is 5. The Labute approximate surface area is 136 Å². The van der Waals surface area contributed by atoms with Crippen LogP contribution in [0.1, 0.15) is 23.1 Å². The van der Waals surface area contributed by atoms with Crippen LogP contribution in [0.2, 0.25) is 0 Å². The Bertz CT molecular complexity index is 820. The molecule has 0 saturated carbocycles. The molecule has 3 aromatic rings. The number of H-pyrrole nitrogens is 1. The second kappa shape index (κ2) is 6.62. The van der Waals surface area contributed by atoms with Crippen LogP contribution in [-0.4, -0.2) is 28.5 Å². The average molecular weight is 329 g/mol. The summed E-state index contributed by atoms with van der Waals surface area (Å²) in [6, 6.07) is 9.46. The van der Waals surface area contributed by atoms with E-state index in [1.807, 2.05) is 24.3 Å². The minimum atomic E-state index is -0.328. The number of carbonyl (C=O) groups excluding carboxylic acids is 2. The first-order valence-electron chi connectivity index (χ1n) is 7.15. The molecule has 1 amide bonds. The van der Waals surface area contributed by atoms with Gasteiger partial charge in [-0.1, -0.05) is 18.2 Å². The van der Waals surface area contributed by atoms with Crippen LogP contribution in [0.15, 0.2) is 35.7 Å². The number of ether oxygens (including phenoxy) is 1. The van der Waals surface area contributed by atoms with Crippen molar-refractivity contribution in [3.63, 3.8) is 0 Å². The Morgan fingerprint density at radius 3 is 2.96 bits per heavy atom. The van der Waals surface area contributed by atoms with Crippen LogP contribution in [0.4, 0.5) is 5.13 Å². The fourth-order valence-electron chi connectivity index (χ4n) is 2.17. The van der Waals surface area contributed by atoms with E-state index in [1.54, 1.807) is 18.4 Å². The predicted octanol–water partition coefficient (Wildman–Crippen LogP) is 2.98. The summed E-state index contributed by atoms with van der Waals surface area (Å²) in [5.41, 5.74) is 1.95. The first-order valence-corrected chi connectivity index (χ1v) is 8.03. The van der Waals surface area contributed by atoms with Gasteiger partial charge in [-0.15, -0.1) is 11.3 Å². The number of esters is 1. The van der Waals surface area contributed by atoms with Crippen LogP contribution >= 0.6 is 11.3 Å². The number of benzene rings is 1. The number of aromatic amines is 1. The third-order valence-corrected chi connectivity index (χ3v) is 3.98. The third kappa shape index (κ3) is 3.57. The van der Waals surface area contributed by atoms with E-state index in [-0.39, 0.29) is 18.3 Å². The summed E-state index contributed by atoms with van der Waals surface area (Å²) in [6.07, 6.45) is 0.104. The first-order chi connectivity index (χ1) is 11.2. The first kappa shape index (κ1) is 15.2. The van der Waals surface area contributed by atoms with Gasteiger partial charge in [0.15, 0.2) is 5.13 Å². The quantitative estimate of drug-likeness (QED) is 0.705. The number of anilines is 1. The Balaban J connectivity index is 1.68. The van der Waals surface area contributed by atoms with Crippen molar-refractivity contribution in [2.45, 2.75) is 13.3 Å². The molecular formula is C16H15N3O3S. The Kier molecular flexibility index (Phi) is 4.38. The summed E-state index contributed by atoms with van der Waals surface area (Å²) in [7, 11) is 0. The molecule has 3 rings (SSSR count). The summed E-state index contributed by atoms with van der Waals surface area (Å²) < 4.78 is 4.87. The Hall–Kier alpha value is -2.67. The van der Waals surface area contributed by atoms with Crippen molar-refractivity contribution in [3.05, 3.63) is 47.1 Å². The van der Waals surface area contributed by atoms with Crippen LogP contribution in [0, 0.1) is 0 Å². The standard InChI is InChI=1S/C16H15N3O3S/c1-2-22-14(20)8-11-9-23-16(17-11)19-15(21)13-7-10-5-3-4-6-12(10)18-13/h3-7,9,18H,2,8H2,1H3,(H,17,19,21). The van der Waals surface area contributed by atoms with Gasteiger partial charge in [0.05, 0.1) is 18.7 Å². The zero-order valence-electron chi connectivity index (χ0n) is 12.5. The number of rotatable bonds is 5. The van der Waals surface area contributed by atoms with Gasteiger partial charge >= 0.3 is 5.97 Å². The zero-order valence-corrected chi connectivity index (χ0v) is 13.3. The lowest BCUT2D eigenvalue weighted by Crippen LogP contribution is -2.12. The van der Waals surface area contributed by atoms with Crippen LogP contribution in [-0.2, 0) is 16.0 Å². The molecular weight excluding hydrogens is 314 g/mol. The van der Waals surface area contributed by atoms with E-state index in [0.29, 0.717) is 23.1 Å². The third-order valence-electron chi connectivity index (χ3n) is 3.18. The molecule has 7 heteroatoms. The molecule has 2 N–H and O–H groups in total. The van der Waals surface area contributed by atoms with Crippen molar-refractivity contribution in [1.29, 1.82) is 0 Å². The highest BCUT2D eigenvalue weighted by Gasteiger charge is 2.13. The highest BCUT2D eigenvalue weighted by atomic mass is 32.1. The van der Waals surface area contributed by atoms with Gasteiger partial charge in [0.1, 0.15) is 5.69 Å². The second-order valence-corrected chi connectivity index (χ2v) is 5.71. The van der Waals surface area contributed by atoms with E-state index in [2.05, 4.69) is 15.3 Å². The molecule has 2 heterocycles. The average Bonchev–Trinajstić information content (AvgIpc) is 3.14. The van der Waals surface area contributed by atoms with Crippen LogP contribution in [0.3, 0.4) is 0 Å². The van der Waals surface area contributed by atoms with E-state index in [0.717, 1.165) is 10.9 Å². The normalized spacial score (nSPS) is 10.7. The predicted molar refractivity (Wildman–Crippen MR) is 88.7 cm³/mol. The molecule has 1 aromatic carbocycles. The van der Waals surface area contributed by atoms with Crippen molar-refractivity contribution in [1.82, 2.24) is 9.97 Å². The van der Waals surface area contributed by atoms with Crippen LogP contribution < -0.4 is 5.32 Å². The molecule has 23 heavy (non-hydrogen) atoms. The highest BCUT2D eigenvalue weighted by molar-refractivity contribution is 7.14. The summed E-state index contributed by atoms with van der Waals surface area (Å²) >= 11 is 1.27. The fourth-order valence-corrected chi connectivity index (χ4v) is 2.87. The number of aromatic nitrogens is 2. The number of nitrogens with one attached hydrogen (secondary N) is 2. The lowest BCUT2D eigenvalue weighted by Gasteiger charge is -1.99. The van der Waals surface area contributed by atoms with Crippen molar-refractivity contribution in [2.24, 2.45) is 0 Å². The Morgan fingerprint density at radius 1 is 1.35 bits per heavy atom. The van der Waals surface area contributed by atoms with Gasteiger partial charge in [-0.05, 0) is 19.1 Å². The van der Waals surface area contributed by atoms with Gasteiger partial charge in [0, 0.05) is 16.3 Å². The van der Waals surface area contributed by atoms with Gasteiger partial charge in [0.2, 0.25) is 0 Å². The topological polar surface area (TPSA) is 84.1 Å². The molecule has 0 aliphatic rings. The lowest BCUT2D eigenvalue weighted by atomic mass is 10.2. The van der Waals surface area contributed by atoms with E-state index >= 15 is 0 Å². The molecule has 0 atom stereocenters. The zero-order chi connectivity index (χ0) is 16.2. The molecule has 0 bridgehead atoms. The van der Waals surface area contributed by atoms with E-state index in [9.17, 15) is 9.59 Å². The molecule has 0 spiro atoms. The van der Waals surface area contributed by atoms with Gasteiger partial charge in [0.25, 0.3) is 5.91 Å². The number of carbonyl (C=O) groups is 2.